The Morgan fingerprint density at radius 3 is 2.93 bits per heavy atom. The van der Waals surface area contributed by atoms with Crippen LogP contribution in [-0.4, -0.2) is 42.2 Å². The number of hydrogen-bond donors (Lipinski definition) is 1. The van der Waals surface area contributed by atoms with Crippen molar-refractivity contribution in [1.82, 2.24) is 9.88 Å². The number of aliphatic hydroxyl groups excluding tert-OH is 1. The lowest BCUT2D eigenvalue weighted by atomic mass is 10.3. The molecule has 0 aliphatic carbocycles. The standard InChI is InChI=1S/C10H16N2O2/c1-12(2)5-6-14-10-7-9(8-13)3-4-11-10/h3-4,7,13H,5-6,8H2,1-2H3. The summed E-state index contributed by atoms with van der Waals surface area (Å²) in [6, 6.07) is 3.51. The van der Waals surface area contributed by atoms with E-state index in [2.05, 4.69) is 4.98 Å². The van der Waals surface area contributed by atoms with E-state index in [1.807, 2.05) is 19.0 Å². The van der Waals surface area contributed by atoms with E-state index >= 15 is 0 Å². The number of rotatable bonds is 5. The average molecular weight is 196 g/mol. The number of aromatic nitrogens is 1. The van der Waals surface area contributed by atoms with Gasteiger partial charge in [0.05, 0.1) is 6.61 Å². The average Bonchev–Trinajstić information content (AvgIpc) is 2.18. The first kappa shape index (κ1) is 10.9. The molecule has 0 aliphatic heterocycles. The minimum atomic E-state index is 0.0204. The molecule has 0 aliphatic rings. The Hall–Kier alpha value is -1.13. The lowest BCUT2D eigenvalue weighted by Gasteiger charge is -2.10. The zero-order valence-corrected chi connectivity index (χ0v) is 8.60. The molecule has 0 bridgehead atoms. The molecule has 0 saturated carbocycles. The van der Waals surface area contributed by atoms with E-state index < -0.39 is 0 Å². The first-order chi connectivity index (χ1) is 6.72. The van der Waals surface area contributed by atoms with E-state index in [-0.39, 0.29) is 6.61 Å². The fraction of sp³-hybridized carbons (Fsp3) is 0.500. The van der Waals surface area contributed by atoms with E-state index in [4.69, 9.17) is 9.84 Å². The zero-order valence-electron chi connectivity index (χ0n) is 8.60. The summed E-state index contributed by atoms with van der Waals surface area (Å²) < 4.78 is 5.40. The van der Waals surface area contributed by atoms with E-state index in [0.717, 1.165) is 12.1 Å². The predicted octanol–water partition coefficient (Wildman–Crippen LogP) is 0.514. The summed E-state index contributed by atoms with van der Waals surface area (Å²) in [6.45, 7) is 1.48. The van der Waals surface area contributed by atoms with Crippen LogP contribution in [0.1, 0.15) is 5.56 Å². The van der Waals surface area contributed by atoms with Crippen LogP contribution in [0.4, 0.5) is 0 Å². The van der Waals surface area contributed by atoms with E-state index in [1.54, 1.807) is 18.3 Å². The molecule has 0 unspecified atom stereocenters. The third kappa shape index (κ3) is 3.72. The molecule has 0 radical (unpaired) electrons. The molecule has 1 heterocycles. The summed E-state index contributed by atoms with van der Waals surface area (Å²) in [5, 5.41) is 8.88. The molecule has 1 aromatic rings. The van der Waals surface area contributed by atoms with Crippen LogP contribution in [0.15, 0.2) is 18.3 Å². The van der Waals surface area contributed by atoms with Crippen LogP contribution in [0.2, 0.25) is 0 Å². The van der Waals surface area contributed by atoms with Gasteiger partial charge in [0.1, 0.15) is 6.61 Å². The number of likely N-dealkylation sites (N-methyl/N-ethyl adjacent to an activating group) is 1. The van der Waals surface area contributed by atoms with Crippen LogP contribution in [-0.2, 0) is 6.61 Å². The number of nitrogens with zero attached hydrogens (tertiary/aromatic N) is 2. The van der Waals surface area contributed by atoms with Gasteiger partial charge in [-0.1, -0.05) is 0 Å². The zero-order chi connectivity index (χ0) is 10.4. The minimum absolute atomic E-state index is 0.0204. The number of aliphatic hydroxyl groups is 1. The van der Waals surface area contributed by atoms with Crippen LogP contribution in [0, 0.1) is 0 Å². The van der Waals surface area contributed by atoms with Gasteiger partial charge in [0, 0.05) is 18.8 Å². The van der Waals surface area contributed by atoms with Gasteiger partial charge in [-0.25, -0.2) is 4.98 Å². The Kier molecular flexibility index (Phi) is 4.35. The summed E-state index contributed by atoms with van der Waals surface area (Å²) >= 11 is 0. The second-order valence-electron chi connectivity index (χ2n) is 3.31. The van der Waals surface area contributed by atoms with E-state index in [9.17, 15) is 0 Å². The summed E-state index contributed by atoms with van der Waals surface area (Å²) in [7, 11) is 3.97. The molecular weight excluding hydrogens is 180 g/mol. The SMILES string of the molecule is CN(C)CCOc1cc(CO)ccn1. The predicted molar refractivity (Wildman–Crippen MR) is 54.2 cm³/mol. The number of ether oxygens (including phenoxy) is 1. The molecular formula is C10H16N2O2. The van der Waals surface area contributed by atoms with Crippen molar-refractivity contribution in [3.8, 4) is 5.88 Å². The van der Waals surface area contributed by atoms with Crippen LogP contribution >= 0.6 is 0 Å². The fourth-order valence-electron chi connectivity index (χ4n) is 0.961. The largest absolute Gasteiger partial charge is 0.476 e. The molecule has 0 aromatic carbocycles. The monoisotopic (exact) mass is 196 g/mol. The second kappa shape index (κ2) is 5.57. The Morgan fingerprint density at radius 1 is 1.50 bits per heavy atom. The van der Waals surface area contributed by atoms with Gasteiger partial charge >= 0.3 is 0 Å². The summed E-state index contributed by atoms with van der Waals surface area (Å²) in [6.07, 6.45) is 1.64. The van der Waals surface area contributed by atoms with Crippen molar-refractivity contribution in [2.24, 2.45) is 0 Å². The van der Waals surface area contributed by atoms with Gasteiger partial charge in [0.25, 0.3) is 0 Å². The highest BCUT2D eigenvalue weighted by molar-refractivity contribution is 5.19. The van der Waals surface area contributed by atoms with Gasteiger partial charge in [-0.3, -0.25) is 0 Å². The normalized spacial score (nSPS) is 10.6. The molecule has 0 amide bonds. The Balaban J connectivity index is 2.42. The number of pyridine rings is 1. The highest BCUT2D eigenvalue weighted by Gasteiger charge is 1.97. The quantitative estimate of drug-likeness (QED) is 0.745. The molecule has 1 rings (SSSR count). The van der Waals surface area contributed by atoms with Crippen molar-refractivity contribution in [2.75, 3.05) is 27.2 Å². The molecule has 0 spiro atoms. The van der Waals surface area contributed by atoms with Crippen molar-refractivity contribution in [3.63, 3.8) is 0 Å². The molecule has 0 fully saturated rings. The molecule has 1 N–H and O–H groups in total. The lowest BCUT2D eigenvalue weighted by molar-refractivity contribution is 0.251. The molecule has 1 aromatic heterocycles. The van der Waals surface area contributed by atoms with Gasteiger partial charge in [0.2, 0.25) is 5.88 Å². The van der Waals surface area contributed by atoms with Crippen molar-refractivity contribution in [1.29, 1.82) is 0 Å². The Labute approximate surface area is 84.1 Å². The summed E-state index contributed by atoms with van der Waals surface area (Å²) in [5.74, 6) is 0.568. The maximum absolute atomic E-state index is 8.88. The first-order valence-corrected chi connectivity index (χ1v) is 4.55. The van der Waals surface area contributed by atoms with Crippen LogP contribution in [0.3, 0.4) is 0 Å². The van der Waals surface area contributed by atoms with Crippen molar-refractivity contribution in [3.05, 3.63) is 23.9 Å². The van der Waals surface area contributed by atoms with Crippen LogP contribution in [0.25, 0.3) is 0 Å². The molecule has 14 heavy (non-hydrogen) atoms. The third-order valence-corrected chi connectivity index (χ3v) is 1.77. The molecule has 0 saturated heterocycles. The van der Waals surface area contributed by atoms with E-state index in [1.165, 1.54) is 0 Å². The molecule has 4 nitrogen and oxygen atoms in total. The molecule has 0 atom stereocenters. The maximum Gasteiger partial charge on any atom is 0.213 e. The van der Waals surface area contributed by atoms with Crippen LogP contribution in [0.5, 0.6) is 5.88 Å². The second-order valence-corrected chi connectivity index (χ2v) is 3.31. The lowest BCUT2D eigenvalue weighted by Crippen LogP contribution is -2.19. The van der Waals surface area contributed by atoms with E-state index in [0.29, 0.717) is 12.5 Å². The van der Waals surface area contributed by atoms with Gasteiger partial charge < -0.3 is 14.7 Å². The van der Waals surface area contributed by atoms with Crippen molar-refractivity contribution in [2.45, 2.75) is 6.61 Å². The van der Waals surface area contributed by atoms with Crippen molar-refractivity contribution < 1.29 is 9.84 Å². The minimum Gasteiger partial charge on any atom is -0.476 e. The fourth-order valence-corrected chi connectivity index (χ4v) is 0.961. The summed E-state index contributed by atoms with van der Waals surface area (Å²) in [4.78, 5) is 6.07. The van der Waals surface area contributed by atoms with Gasteiger partial charge in [0.15, 0.2) is 0 Å². The molecule has 78 valence electrons. The third-order valence-electron chi connectivity index (χ3n) is 1.77. The molecule has 4 heteroatoms. The van der Waals surface area contributed by atoms with Gasteiger partial charge in [-0.2, -0.15) is 0 Å². The highest BCUT2D eigenvalue weighted by Crippen LogP contribution is 2.08. The first-order valence-electron chi connectivity index (χ1n) is 4.55. The highest BCUT2D eigenvalue weighted by atomic mass is 16.5. The number of hydrogen-bond acceptors (Lipinski definition) is 4. The van der Waals surface area contributed by atoms with Gasteiger partial charge in [-0.05, 0) is 25.7 Å². The smallest absolute Gasteiger partial charge is 0.213 e. The van der Waals surface area contributed by atoms with Crippen LogP contribution < -0.4 is 4.74 Å². The Bertz CT molecular complexity index is 277. The van der Waals surface area contributed by atoms with Crippen molar-refractivity contribution >= 4 is 0 Å². The van der Waals surface area contributed by atoms with Gasteiger partial charge in [-0.15, -0.1) is 0 Å². The summed E-state index contributed by atoms with van der Waals surface area (Å²) in [5.41, 5.74) is 0.819. The Morgan fingerprint density at radius 2 is 2.29 bits per heavy atom. The maximum atomic E-state index is 8.88. The topological polar surface area (TPSA) is 45.6 Å².